The minimum atomic E-state index is -0.228. The molecule has 0 spiro atoms. The van der Waals surface area contributed by atoms with Crippen molar-refractivity contribution in [3.8, 4) is 11.4 Å². The third-order valence-electron chi connectivity index (χ3n) is 4.31. The quantitative estimate of drug-likeness (QED) is 0.581. The Bertz CT molecular complexity index is 1140. The lowest BCUT2D eigenvalue weighted by Gasteiger charge is -2.11. The van der Waals surface area contributed by atoms with Gasteiger partial charge in [0.25, 0.3) is 5.91 Å². The predicted molar refractivity (Wildman–Crippen MR) is 101 cm³/mol. The fourth-order valence-electron chi connectivity index (χ4n) is 2.95. The third-order valence-corrected chi connectivity index (χ3v) is 4.31. The van der Waals surface area contributed by atoms with E-state index in [0.717, 1.165) is 16.5 Å². The molecule has 0 aliphatic rings. The van der Waals surface area contributed by atoms with Gasteiger partial charge in [-0.25, -0.2) is 0 Å². The molecule has 4 rings (SSSR count). The minimum Gasteiger partial charge on any atom is -0.494 e. The van der Waals surface area contributed by atoms with E-state index in [1.54, 1.807) is 36.9 Å². The van der Waals surface area contributed by atoms with Gasteiger partial charge < -0.3 is 15.0 Å². The highest BCUT2D eigenvalue weighted by atomic mass is 16.5. The van der Waals surface area contributed by atoms with Crippen LogP contribution in [-0.2, 0) is 0 Å². The molecule has 2 aromatic carbocycles. The van der Waals surface area contributed by atoms with E-state index in [1.807, 2.05) is 31.2 Å². The van der Waals surface area contributed by atoms with Gasteiger partial charge in [-0.3, -0.25) is 4.79 Å². The largest absolute Gasteiger partial charge is 0.494 e. The molecule has 0 atom stereocenters. The van der Waals surface area contributed by atoms with Crippen molar-refractivity contribution in [1.29, 1.82) is 0 Å². The number of aryl methyl sites for hydroxylation is 2. The Labute approximate surface area is 155 Å². The average Bonchev–Trinajstić information content (AvgIpc) is 3.27. The van der Waals surface area contributed by atoms with Gasteiger partial charge in [-0.15, -0.1) is 5.10 Å². The molecule has 136 valence electrons. The van der Waals surface area contributed by atoms with Gasteiger partial charge in [0, 0.05) is 16.6 Å². The standard InChI is InChI=1S/C19H18N6O2/c1-11-4-5-13-9-16(21-15(13)8-11)19(26)20-14-6-7-18(27-3)17(10-14)25-12(2)22-23-24-25/h4-10,21H,1-3H3,(H,20,26). The van der Waals surface area contributed by atoms with Gasteiger partial charge in [-0.2, -0.15) is 4.68 Å². The summed E-state index contributed by atoms with van der Waals surface area (Å²) in [6.07, 6.45) is 0. The molecule has 27 heavy (non-hydrogen) atoms. The van der Waals surface area contributed by atoms with Crippen LogP contribution in [0.2, 0.25) is 0 Å². The van der Waals surface area contributed by atoms with Crippen LogP contribution in [0.4, 0.5) is 5.69 Å². The summed E-state index contributed by atoms with van der Waals surface area (Å²) in [4.78, 5) is 15.8. The highest BCUT2D eigenvalue weighted by molar-refractivity contribution is 6.06. The molecule has 8 nitrogen and oxygen atoms in total. The van der Waals surface area contributed by atoms with E-state index in [4.69, 9.17) is 4.74 Å². The fraction of sp³-hybridized carbons (Fsp3) is 0.158. The van der Waals surface area contributed by atoms with Gasteiger partial charge >= 0.3 is 0 Å². The van der Waals surface area contributed by atoms with Crippen LogP contribution in [0.5, 0.6) is 5.75 Å². The highest BCUT2D eigenvalue weighted by Crippen LogP contribution is 2.27. The van der Waals surface area contributed by atoms with Gasteiger partial charge in [0.1, 0.15) is 17.1 Å². The van der Waals surface area contributed by atoms with Crippen molar-refractivity contribution < 1.29 is 9.53 Å². The highest BCUT2D eigenvalue weighted by Gasteiger charge is 2.14. The topological polar surface area (TPSA) is 97.7 Å². The number of H-pyrrole nitrogens is 1. The summed E-state index contributed by atoms with van der Waals surface area (Å²) in [7, 11) is 1.57. The van der Waals surface area contributed by atoms with Crippen molar-refractivity contribution in [2.45, 2.75) is 13.8 Å². The number of hydrogen-bond acceptors (Lipinski definition) is 5. The summed E-state index contributed by atoms with van der Waals surface area (Å²) in [5, 5.41) is 15.4. The maximum atomic E-state index is 12.7. The van der Waals surface area contributed by atoms with Crippen LogP contribution in [0.3, 0.4) is 0 Å². The second-order valence-electron chi connectivity index (χ2n) is 6.25. The van der Waals surface area contributed by atoms with Gasteiger partial charge in [-0.1, -0.05) is 12.1 Å². The van der Waals surface area contributed by atoms with Gasteiger partial charge in [0.2, 0.25) is 0 Å². The van der Waals surface area contributed by atoms with Crippen molar-refractivity contribution in [3.05, 3.63) is 59.5 Å². The minimum absolute atomic E-state index is 0.228. The van der Waals surface area contributed by atoms with Crippen molar-refractivity contribution in [2.24, 2.45) is 0 Å². The number of aromatic amines is 1. The number of ether oxygens (including phenoxy) is 1. The van der Waals surface area contributed by atoms with Crippen molar-refractivity contribution in [3.63, 3.8) is 0 Å². The Kier molecular flexibility index (Phi) is 4.08. The molecule has 0 saturated carbocycles. The van der Waals surface area contributed by atoms with Gasteiger partial charge in [-0.05, 0) is 60.2 Å². The Hall–Kier alpha value is -3.68. The number of anilines is 1. The van der Waals surface area contributed by atoms with Crippen molar-refractivity contribution in [1.82, 2.24) is 25.2 Å². The smallest absolute Gasteiger partial charge is 0.272 e. The fourth-order valence-corrected chi connectivity index (χ4v) is 2.95. The Balaban J connectivity index is 1.65. The number of carbonyl (C=O) groups excluding carboxylic acids is 1. The number of benzene rings is 2. The number of hydrogen-bond donors (Lipinski definition) is 2. The monoisotopic (exact) mass is 362 g/mol. The number of tetrazole rings is 1. The summed E-state index contributed by atoms with van der Waals surface area (Å²) in [6.45, 7) is 3.80. The number of amides is 1. The van der Waals surface area contributed by atoms with Crippen LogP contribution >= 0.6 is 0 Å². The second-order valence-corrected chi connectivity index (χ2v) is 6.25. The summed E-state index contributed by atoms with van der Waals surface area (Å²) in [6, 6.07) is 13.2. The SMILES string of the molecule is COc1ccc(NC(=O)c2cc3ccc(C)cc3[nH]2)cc1-n1nnnc1C. The zero-order chi connectivity index (χ0) is 19.0. The summed E-state index contributed by atoms with van der Waals surface area (Å²) < 4.78 is 6.94. The zero-order valence-corrected chi connectivity index (χ0v) is 15.1. The summed E-state index contributed by atoms with van der Waals surface area (Å²) in [5.74, 6) is 0.987. The predicted octanol–water partition coefficient (Wildman–Crippen LogP) is 3.02. The maximum absolute atomic E-state index is 12.7. The van der Waals surface area contributed by atoms with E-state index in [9.17, 15) is 4.79 Å². The van der Waals surface area contributed by atoms with Crippen molar-refractivity contribution in [2.75, 3.05) is 12.4 Å². The first-order valence-electron chi connectivity index (χ1n) is 8.39. The van der Waals surface area contributed by atoms with Gasteiger partial charge in [0.05, 0.1) is 7.11 Å². The third kappa shape index (κ3) is 3.12. The normalized spacial score (nSPS) is 10.9. The van der Waals surface area contributed by atoms with Gasteiger partial charge in [0.15, 0.2) is 5.82 Å². The molecule has 2 aromatic heterocycles. The number of methoxy groups -OCH3 is 1. The lowest BCUT2D eigenvalue weighted by Crippen LogP contribution is -2.13. The molecule has 8 heteroatoms. The van der Waals surface area contributed by atoms with E-state index in [0.29, 0.717) is 28.6 Å². The number of rotatable bonds is 4. The summed E-state index contributed by atoms with van der Waals surface area (Å²) in [5.41, 5.74) is 3.81. The summed E-state index contributed by atoms with van der Waals surface area (Å²) >= 11 is 0. The van der Waals surface area contributed by atoms with Crippen LogP contribution in [-0.4, -0.2) is 38.2 Å². The van der Waals surface area contributed by atoms with E-state index >= 15 is 0 Å². The van der Waals surface area contributed by atoms with Crippen LogP contribution in [0.15, 0.2) is 42.5 Å². The van der Waals surface area contributed by atoms with E-state index in [2.05, 4.69) is 25.8 Å². The maximum Gasteiger partial charge on any atom is 0.272 e. The molecular weight excluding hydrogens is 344 g/mol. The molecule has 2 heterocycles. The molecule has 0 radical (unpaired) electrons. The molecule has 0 aliphatic heterocycles. The Morgan fingerprint density at radius 1 is 1.15 bits per heavy atom. The van der Waals surface area contributed by atoms with Crippen LogP contribution in [0.1, 0.15) is 21.9 Å². The number of fused-ring (bicyclic) bond motifs is 1. The number of carbonyl (C=O) groups is 1. The lowest BCUT2D eigenvalue weighted by atomic mass is 10.2. The molecule has 1 amide bonds. The molecule has 0 aliphatic carbocycles. The first-order chi connectivity index (χ1) is 13.0. The van der Waals surface area contributed by atoms with Crippen LogP contribution in [0, 0.1) is 13.8 Å². The van der Waals surface area contributed by atoms with Crippen molar-refractivity contribution >= 4 is 22.5 Å². The lowest BCUT2D eigenvalue weighted by molar-refractivity contribution is 0.102. The van der Waals surface area contributed by atoms with Crippen LogP contribution < -0.4 is 10.1 Å². The number of nitrogens with one attached hydrogen (secondary N) is 2. The molecule has 0 bridgehead atoms. The molecule has 4 aromatic rings. The Morgan fingerprint density at radius 3 is 2.74 bits per heavy atom. The first-order valence-corrected chi connectivity index (χ1v) is 8.39. The molecular formula is C19H18N6O2. The Morgan fingerprint density at radius 2 is 2.00 bits per heavy atom. The zero-order valence-electron chi connectivity index (χ0n) is 15.1. The van der Waals surface area contributed by atoms with Crippen LogP contribution in [0.25, 0.3) is 16.6 Å². The van der Waals surface area contributed by atoms with E-state index < -0.39 is 0 Å². The number of aromatic nitrogens is 5. The molecule has 2 N–H and O–H groups in total. The molecule has 0 fully saturated rings. The average molecular weight is 362 g/mol. The number of nitrogens with zero attached hydrogens (tertiary/aromatic N) is 4. The second kappa shape index (κ2) is 6.56. The molecule has 0 saturated heterocycles. The first kappa shape index (κ1) is 16.8. The van der Waals surface area contributed by atoms with E-state index in [-0.39, 0.29) is 5.91 Å². The molecule has 0 unspecified atom stereocenters. The van der Waals surface area contributed by atoms with E-state index in [1.165, 1.54) is 0 Å².